The number of aliphatic carboxylic acids is 1. The van der Waals surface area contributed by atoms with Crippen LogP contribution in [0.4, 0.5) is 0 Å². The van der Waals surface area contributed by atoms with E-state index < -0.39 is 28.7 Å². The summed E-state index contributed by atoms with van der Waals surface area (Å²) < 4.78 is 0. The summed E-state index contributed by atoms with van der Waals surface area (Å²) >= 11 is 5.96. The van der Waals surface area contributed by atoms with Crippen molar-refractivity contribution < 1.29 is 19.5 Å². The number of amides is 2. The van der Waals surface area contributed by atoms with E-state index in [-0.39, 0.29) is 12.3 Å². The second-order valence-corrected chi connectivity index (χ2v) is 9.93. The van der Waals surface area contributed by atoms with E-state index in [2.05, 4.69) is 28.2 Å². The summed E-state index contributed by atoms with van der Waals surface area (Å²) in [6, 6.07) is 6.26. The first kappa shape index (κ1) is 25.2. The van der Waals surface area contributed by atoms with Crippen molar-refractivity contribution in [3.8, 4) is 11.3 Å². The fourth-order valence-electron chi connectivity index (χ4n) is 4.10. The number of aromatic nitrogens is 1. The van der Waals surface area contributed by atoms with Crippen molar-refractivity contribution in [1.82, 2.24) is 15.6 Å². The lowest BCUT2D eigenvalue weighted by Gasteiger charge is -2.31. The van der Waals surface area contributed by atoms with Gasteiger partial charge in [-0.3, -0.25) is 14.6 Å². The minimum atomic E-state index is -1.15. The molecular formula is C24H31N3O4S2. The van der Waals surface area contributed by atoms with Crippen LogP contribution in [0.5, 0.6) is 0 Å². The molecule has 2 unspecified atom stereocenters. The predicted molar refractivity (Wildman–Crippen MR) is 132 cm³/mol. The van der Waals surface area contributed by atoms with E-state index in [9.17, 15) is 19.5 Å². The molecule has 9 heteroatoms. The molecule has 2 aromatic rings. The summed E-state index contributed by atoms with van der Waals surface area (Å²) in [4.78, 5) is 42.5. The molecule has 2 atom stereocenters. The molecule has 1 fully saturated rings. The molecule has 2 heterocycles. The van der Waals surface area contributed by atoms with Gasteiger partial charge in [0.2, 0.25) is 11.8 Å². The first-order chi connectivity index (χ1) is 15.8. The number of pyridine rings is 1. The minimum Gasteiger partial charge on any atom is -0.480 e. The number of hydrogen-bond donors (Lipinski definition) is 4. The molecule has 7 nitrogen and oxygen atoms in total. The zero-order chi connectivity index (χ0) is 23.8. The van der Waals surface area contributed by atoms with E-state index >= 15 is 0 Å². The second-order valence-electron chi connectivity index (χ2n) is 8.53. The second kappa shape index (κ2) is 11.7. The molecule has 2 aromatic heterocycles. The van der Waals surface area contributed by atoms with Crippen molar-refractivity contribution in [2.45, 2.75) is 75.1 Å². The molecule has 3 N–H and O–H groups in total. The Morgan fingerprint density at radius 3 is 2.64 bits per heavy atom. The van der Waals surface area contributed by atoms with Crippen LogP contribution in [0.15, 0.2) is 35.0 Å². The monoisotopic (exact) mass is 489 g/mol. The van der Waals surface area contributed by atoms with Crippen LogP contribution in [0.1, 0.15) is 57.6 Å². The fraction of sp³-hybridized carbons (Fsp3) is 0.500. The van der Waals surface area contributed by atoms with Gasteiger partial charge in [-0.1, -0.05) is 38.7 Å². The number of thiophene rings is 1. The highest BCUT2D eigenvalue weighted by Crippen LogP contribution is 2.31. The molecule has 0 aliphatic heterocycles. The fourth-order valence-corrected chi connectivity index (χ4v) is 5.00. The Hall–Kier alpha value is -2.39. The summed E-state index contributed by atoms with van der Waals surface area (Å²) in [6.07, 6.45) is 5.07. The molecule has 0 bridgehead atoms. The van der Waals surface area contributed by atoms with Gasteiger partial charge in [-0.25, -0.2) is 4.79 Å². The van der Waals surface area contributed by atoms with Crippen molar-refractivity contribution in [2.24, 2.45) is 0 Å². The largest absolute Gasteiger partial charge is 0.480 e. The number of nitrogens with zero attached hydrogens (tertiary/aromatic N) is 1. The highest BCUT2D eigenvalue weighted by molar-refractivity contribution is 7.81. The molecule has 0 aromatic carbocycles. The number of carboxylic acids is 1. The number of carbonyl (C=O) groups excluding carboxylic acids is 2. The lowest BCUT2D eigenvalue weighted by molar-refractivity contribution is -0.143. The van der Waals surface area contributed by atoms with Gasteiger partial charge in [0.1, 0.15) is 11.6 Å². The number of nitrogens with one attached hydrogen (secondary N) is 2. The molecule has 2 amide bonds. The van der Waals surface area contributed by atoms with Gasteiger partial charge >= 0.3 is 5.97 Å². The van der Waals surface area contributed by atoms with E-state index in [0.29, 0.717) is 25.0 Å². The molecule has 0 radical (unpaired) electrons. The maximum atomic E-state index is 13.3. The Balaban J connectivity index is 1.71. The van der Waals surface area contributed by atoms with E-state index in [1.807, 2.05) is 35.9 Å². The van der Waals surface area contributed by atoms with Crippen LogP contribution < -0.4 is 10.6 Å². The van der Waals surface area contributed by atoms with Gasteiger partial charge in [-0.05, 0) is 42.8 Å². The van der Waals surface area contributed by atoms with Gasteiger partial charge in [0.15, 0.2) is 0 Å². The third kappa shape index (κ3) is 6.57. The minimum absolute atomic E-state index is 0.0504. The average molecular weight is 490 g/mol. The van der Waals surface area contributed by atoms with Crippen LogP contribution in [0.3, 0.4) is 0 Å². The lowest BCUT2D eigenvalue weighted by Crippen LogP contribution is -2.61. The number of unbranched alkanes of at least 4 members (excludes halogenated alkanes) is 1. The van der Waals surface area contributed by atoms with Gasteiger partial charge < -0.3 is 15.7 Å². The molecule has 33 heavy (non-hydrogen) atoms. The van der Waals surface area contributed by atoms with E-state index in [4.69, 9.17) is 0 Å². The van der Waals surface area contributed by atoms with Crippen molar-refractivity contribution in [1.29, 1.82) is 0 Å². The van der Waals surface area contributed by atoms with E-state index in [1.54, 1.807) is 17.4 Å². The molecular weight excluding hydrogens is 458 g/mol. The van der Waals surface area contributed by atoms with Crippen LogP contribution in [-0.2, 0) is 20.8 Å². The first-order valence-electron chi connectivity index (χ1n) is 11.4. The van der Waals surface area contributed by atoms with E-state index in [0.717, 1.165) is 36.9 Å². The maximum Gasteiger partial charge on any atom is 0.326 e. The Labute approximate surface area is 203 Å². The van der Waals surface area contributed by atoms with E-state index in [1.165, 1.54) is 0 Å². The Morgan fingerprint density at radius 2 is 2.00 bits per heavy atom. The first-order valence-corrected chi connectivity index (χ1v) is 12.8. The van der Waals surface area contributed by atoms with Crippen LogP contribution in [-0.4, -0.2) is 44.7 Å². The lowest BCUT2D eigenvalue weighted by atomic mass is 9.94. The van der Waals surface area contributed by atoms with Crippen LogP contribution >= 0.6 is 24.0 Å². The highest BCUT2D eigenvalue weighted by Gasteiger charge is 2.44. The Kier molecular flexibility index (Phi) is 8.91. The smallest absolute Gasteiger partial charge is 0.326 e. The SMILES string of the molecule is CCCCC(S)C(=O)NC1(C(=O)NC(Cc2cccc(-c3ccsc3)n2)C(=O)O)CCCC1. The third-order valence-electron chi connectivity index (χ3n) is 6.03. The average Bonchev–Trinajstić information content (AvgIpc) is 3.50. The van der Waals surface area contributed by atoms with Crippen LogP contribution in [0, 0.1) is 0 Å². The number of carbonyl (C=O) groups is 3. The summed E-state index contributed by atoms with van der Waals surface area (Å²) in [7, 11) is 0. The standard InChI is InChI=1S/C24H31N3O4S2/c1-2-3-9-20(32)21(28)27-24(11-4-5-12-24)23(31)26-19(22(29)30)14-17-7-6-8-18(25-17)16-10-13-33-15-16/h6-8,10,13,15,19-20,32H,2-5,9,11-12,14H2,1H3,(H,26,31)(H,27,28)(H,29,30). The quantitative estimate of drug-likeness (QED) is 0.359. The maximum absolute atomic E-state index is 13.3. The summed E-state index contributed by atoms with van der Waals surface area (Å²) in [5, 5.41) is 18.8. The van der Waals surface area contributed by atoms with Crippen molar-refractivity contribution in [3.63, 3.8) is 0 Å². The Morgan fingerprint density at radius 1 is 1.24 bits per heavy atom. The highest BCUT2D eigenvalue weighted by atomic mass is 32.1. The molecule has 0 spiro atoms. The van der Waals surface area contributed by atoms with Gasteiger partial charge in [0.25, 0.3) is 0 Å². The number of carboxylic acid groups (broad SMARTS) is 1. The van der Waals surface area contributed by atoms with Crippen molar-refractivity contribution in [2.75, 3.05) is 0 Å². The molecule has 0 saturated heterocycles. The normalized spacial score (nSPS) is 16.7. The number of hydrogen-bond acceptors (Lipinski definition) is 6. The summed E-state index contributed by atoms with van der Waals surface area (Å²) in [5.74, 6) is -1.87. The van der Waals surface area contributed by atoms with Gasteiger partial charge in [0, 0.05) is 23.1 Å². The number of rotatable bonds is 11. The zero-order valence-corrected chi connectivity index (χ0v) is 20.5. The number of thiol groups is 1. The van der Waals surface area contributed by atoms with Gasteiger partial charge in [0.05, 0.1) is 10.9 Å². The topological polar surface area (TPSA) is 108 Å². The van der Waals surface area contributed by atoms with Gasteiger partial charge in [-0.2, -0.15) is 24.0 Å². The molecule has 178 valence electrons. The van der Waals surface area contributed by atoms with Crippen molar-refractivity contribution >= 4 is 41.7 Å². The predicted octanol–water partition coefficient (Wildman–Crippen LogP) is 3.84. The molecule has 1 saturated carbocycles. The Bertz CT molecular complexity index is 958. The van der Waals surface area contributed by atoms with Crippen LogP contribution in [0.2, 0.25) is 0 Å². The summed E-state index contributed by atoms with van der Waals surface area (Å²) in [6.45, 7) is 2.04. The molecule has 3 rings (SSSR count). The van der Waals surface area contributed by atoms with Crippen molar-refractivity contribution in [3.05, 3.63) is 40.7 Å². The van der Waals surface area contributed by atoms with Gasteiger partial charge in [-0.15, -0.1) is 0 Å². The zero-order valence-electron chi connectivity index (χ0n) is 18.8. The van der Waals surface area contributed by atoms with Crippen LogP contribution in [0.25, 0.3) is 11.3 Å². The molecule has 1 aliphatic carbocycles. The third-order valence-corrected chi connectivity index (χ3v) is 7.20. The summed E-state index contributed by atoms with van der Waals surface area (Å²) in [5.41, 5.74) is 1.21. The molecule has 1 aliphatic rings.